The summed E-state index contributed by atoms with van der Waals surface area (Å²) in [7, 11) is 0. The summed E-state index contributed by atoms with van der Waals surface area (Å²) in [6, 6.07) is 4.32. The van der Waals surface area contributed by atoms with Gasteiger partial charge in [-0.1, -0.05) is 91.0 Å². The lowest BCUT2D eigenvalue weighted by molar-refractivity contribution is 0.174. The van der Waals surface area contributed by atoms with Crippen molar-refractivity contribution in [3.8, 4) is 0 Å². The van der Waals surface area contributed by atoms with Crippen molar-refractivity contribution in [2.45, 2.75) is 107 Å². The van der Waals surface area contributed by atoms with Crippen molar-refractivity contribution in [2.24, 2.45) is 17.3 Å². The second kappa shape index (κ2) is 14.0. The number of pyridine rings is 1. The summed E-state index contributed by atoms with van der Waals surface area (Å²) < 4.78 is 1.31. The lowest BCUT2D eigenvalue weighted by atomic mass is 9.71. The molecule has 2 aromatic heterocycles. The monoisotopic (exact) mass is 479 g/mol. The van der Waals surface area contributed by atoms with Gasteiger partial charge < -0.3 is 0 Å². The van der Waals surface area contributed by atoms with Crippen molar-refractivity contribution in [1.82, 2.24) is 4.98 Å². The first kappa shape index (κ1) is 28.6. The Bertz CT molecular complexity index is 966. The molecule has 34 heavy (non-hydrogen) atoms. The number of hydrogen-bond acceptors (Lipinski definition) is 2. The number of allylic oxidation sites excluding steroid dienone is 6. The zero-order valence-electron chi connectivity index (χ0n) is 23.2. The highest BCUT2D eigenvalue weighted by molar-refractivity contribution is 7.17. The summed E-state index contributed by atoms with van der Waals surface area (Å²) in [4.78, 5) is 4.75. The number of nitrogens with zero attached hydrogens (tertiary/aromatic N) is 1. The fourth-order valence-corrected chi connectivity index (χ4v) is 5.80. The van der Waals surface area contributed by atoms with E-state index in [2.05, 4.69) is 91.1 Å². The summed E-state index contributed by atoms with van der Waals surface area (Å²) in [5.41, 5.74) is 5.75. The molecular weight excluding hydrogens is 430 g/mol. The van der Waals surface area contributed by atoms with Gasteiger partial charge in [0.25, 0.3) is 0 Å². The molecule has 0 bridgehead atoms. The zero-order chi connectivity index (χ0) is 25.1. The third-order valence-electron chi connectivity index (χ3n) is 7.46. The van der Waals surface area contributed by atoms with E-state index in [-0.39, 0.29) is 0 Å². The van der Waals surface area contributed by atoms with Gasteiger partial charge in [0.05, 0.1) is 5.69 Å². The maximum absolute atomic E-state index is 4.75. The van der Waals surface area contributed by atoms with Crippen LogP contribution in [0.1, 0.15) is 112 Å². The van der Waals surface area contributed by atoms with E-state index in [1.54, 1.807) is 11.3 Å². The third kappa shape index (κ3) is 8.22. The Hall–Kier alpha value is -1.67. The largest absolute Gasteiger partial charge is 0.256 e. The summed E-state index contributed by atoms with van der Waals surface area (Å²) in [6.07, 6.45) is 19.1. The molecule has 2 heterocycles. The number of fused-ring (bicyclic) bond motifs is 1. The van der Waals surface area contributed by atoms with Gasteiger partial charge in [-0.25, -0.2) is 0 Å². The number of unbranched alkanes of at least 4 members (excludes halogenated alkanes) is 1. The van der Waals surface area contributed by atoms with Crippen LogP contribution in [0, 0.1) is 17.3 Å². The average Bonchev–Trinajstić information content (AvgIpc) is 3.29. The minimum Gasteiger partial charge on any atom is -0.256 e. The highest BCUT2D eigenvalue weighted by Crippen LogP contribution is 2.39. The number of thiophene rings is 1. The van der Waals surface area contributed by atoms with Gasteiger partial charge in [-0.2, -0.15) is 0 Å². The van der Waals surface area contributed by atoms with Gasteiger partial charge in [-0.3, -0.25) is 4.98 Å². The molecule has 1 nitrogen and oxygen atoms in total. The molecule has 188 valence electrons. The molecule has 2 aromatic rings. The minimum atomic E-state index is 0.379. The molecule has 0 aliphatic carbocycles. The van der Waals surface area contributed by atoms with Crippen molar-refractivity contribution >= 4 is 27.0 Å². The van der Waals surface area contributed by atoms with E-state index >= 15 is 0 Å². The molecule has 0 saturated heterocycles. The lowest BCUT2D eigenvalue weighted by Gasteiger charge is -2.34. The Morgan fingerprint density at radius 3 is 2.44 bits per heavy atom. The van der Waals surface area contributed by atoms with Gasteiger partial charge in [-0.05, 0) is 85.4 Å². The van der Waals surface area contributed by atoms with E-state index in [1.807, 2.05) is 6.20 Å². The Labute approximate surface area is 214 Å². The van der Waals surface area contributed by atoms with E-state index in [9.17, 15) is 0 Å². The smallest absolute Gasteiger partial charge is 0.0785 e. The van der Waals surface area contributed by atoms with Crippen LogP contribution in [0.3, 0.4) is 0 Å². The van der Waals surface area contributed by atoms with Gasteiger partial charge in [0.15, 0.2) is 0 Å². The standard InChI is InChI=1S/C32H49NS/c1-9-13-15-28(32(6,7)8)23-25(14-10-2)22-27(24(5)11-3)17-16-26(12-4)31-29-19-21-34-30(29)18-20-33-31/h12,16-21,25,28H,9-11,13-15,22-23H2,1-8H3/b17-16-,26-12+,27-24-. The predicted molar refractivity (Wildman–Crippen MR) is 156 cm³/mol. The summed E-state index contributed by atoms with van der Waals surface area (Å²) in [5, 5.41) is 3.43. The molecule has 2 heteroatoms. The second-order valence-electron chi connectivity index (χ2n) is 11.0. The first-order valence-electron chi connectivity index (χ1n) is 13.6. The molecule has 0 radical (unpaired) electrons. The summed E-state index contributed by atoms with van der Waals surface area (Å²) >= 11 is 1.79. The molecule has 0 amide bonds. The number of aromatic nitrogens is 1. The van der Waals surface area contributed by atoms with Crippen LogP contribution >= 0.6 is 11.3 Å². The molecule has 0 aromatic carbocycles. The van der Waals surface area contributed by atoms with Crippen LogP contribution in [0.4, 0.5) is 0 Å². The number of rotatable bonds is 13. The van der Waals surface area contributed by atoms with Crippen LogP contribution in [0.25, 0.3) is 15.7 Å². The van der Waals surface area contributed by atoms with Crippen molar-refractivity contribution in [3.63, 3.8) is 0 Å². The van der Waals surface area contributed by atoms with E-state index < -0.39 is 0 Å². The van der Waals surface area contributed by atoms with Crippen LogP contribution < -0.4 is 0 Å². The van der Waals surface area contributed by atoms with Crippen LogP contribution in [0.2, 0.25) is 0 Å². The highest BCUT2D eigenvalue weighted by atomic mass is 32.1. The normalized spacial score (nSPS) is 15.7. The van der Waals surface area contributed by atoms with Crippen molar-refractivity contribution in [2.75, 3.05) is 0 Å². The molecule has 0 aliphatic heterocycles. The minimum absolute atomic E-state index is 0.379. The van der Waals surface area contributed by atoms with Gasteiger partial charge in [-0.15, -0.1) is 11.3 Å². The Morgan fingerprint density at radius 1 is 1.06 bits per heavy atom. The first-order chi connectivity index (χ1) is 16.2. The van der Waals surface area contributed by atoms with Crippen LogP contribution in [0.5, 0.6) is 0 Å². The third-order valence-corrected chi connectivity index (χ3v) is 8.34. The van der Waals surface area contributed by atoms with Crippen molar-refractivity contribution in [1.29, 1.82) is 0 Å². The maximum Gasteiger partial charge on any atom is 0.0785 e. The SMILES string of the molecule is C\C=C(/C=C\C(CC(CCC)CC(CCCC)C(C)(C)C)=C(/C)CC)c1nccc2sccc12. The van der Waals surface area contributed by atoms with Crippen molar-refractivity contribution in [3.05, 3.63) is 58.8 Å². The van der Waals surface area contributed by atoms with E-state index in [0.29, 0.717) is 5.41 Å². The van der Waals surface area contributed by atoms with Gasteiger partial charge in [0.1, 0.15) is 0 Å². The summed E-state index contributed by atoms with van der Waals surface area (Å²) in [6.45, 7) is 18.8. The van der Waals surface area contributed by atoms with Crippen LogP contribution in [0.15, 0.2) is 53.1 Å². The van der Waals surface area contributed by atoms with Crippen molar-refractivity contribution < 1.29 is 0 Å². The zero-order valence-corrected chi connectivity index (χ0v) is 24.0. The molecule has 0 aliphatic rings. The quantitative estimate of drug-likeness (QED) is 0.260. The first-order valence-corrected chi connectivity index (χ1v) is 14.5. The number of hydrogen-bond donors (Lipinski definition) is 0. The molecule has 2 unspecified atom stereocenters. The fraction of sp³-hybridized carbons (Fsp3) is 0.594. The Kier molecular flexibility index (Phi) is 11.8. The summed E-state index contributed by atoms with van der Waals surface area (Å²) in [5.74, 6) is 1.54. The van der Waals surface area contributed by atoms with Gasteiger partial charge in [0.2, 0.25) is 0 Å². The molecule has 2 rings (SSSR count). The molecule has 2 atom stereocenters. The molecule has 0 N–H and O–H groups in total. The molecule has 0 fully saturated rings. The predicted octanol–water partition coefficient (Wildman–Crippen LogP) is 11.0. The highest BCUT2D eigenvalue weighted by Gasteiger charge is 2.27. The average molecular weight is 480 g/mol. The van der Waals surface area contributed by atoms with Crippen LogP contribution in [-0.4, -0.2) is 4.98 Å². The molecular formula is C32H49NS. The molecule has 0 saturated carbocycles. The second-order valence-corrected chi connectivity index (χ2v) is 12.0. The van der Waals surface area contributed by atoms with Gasteiger partial charge >= 0.3 is 0 Å². The maximum atomic E-state index is 4.75. The molecule has 0 spiro atoms. The van der Waals surface area contributed by atoms with E-state index in [4.69, 9.17) is 4.98 Å². The lowest BCUT2D eigenvalue weighted by Crippen LogP contribution is -2.23. The Balaban J connectivity index is 2.29. The van der Waals surface area contributed by atoms with Crippen LogP contribution in [-0.2, 0) is 0 Å². The van der Waals surface area contributed by atoms with Gasteiger partial charge in [0, 0.05) is 16.3 Å². The van der Waals surface area contributed by atoms with E-state index in [1.165, 1.54) is 71.8 Å². The fourth-order valence-electron chi connectivity index (χ4n) is 5.02. The van der Waals surface area contributed by atoms with E-state index in [0.717, 1.165) is 24.0 Å². The topological polar surface area (TPSA) is 12.9 Å². The Morgan fingerprint density at radius 2 is 1.82 bits per heavy atom.